The Bertz CT molecular complexity index is 587. The first-order valence-corrected chi connectivity index (χ1v) is 9.49. The zero-order chi connectivity index (χ0) is 17.8. The highest BCUT2D eigenvalue weighted by Crippen LogP contribution is 2.26. The molecule has 2 atom stereocenters. The Kier molecular flexibility index (Phi) is 6.31. The summed E-state index contributed by atoms with van der Waals surface area (Å²) in [5.41, 5.74) is 0.593. The molecule has 25 heavy (non-hydrogen) atoms. The van der Waals surface area contributed by atoms with Gasteiger partial charge >= 0.3 is 0 Å². The van der Waals surface area contributed by atoms with Crippen LogP contribution in [0.25, 0.3) is 0 Å². The van der Waals surface area contributed by atoms with Crippen molar-refractivity contribution in [3.8, 4) is 0 Å². The molecule has 0 aliphatic carbocycles. The van der Waals surface area contributed by atoms with Crippen LogP contribution in [0.15, 0.2) is 18.2 Å². The van der Waals surface area contributed by atoms with E-state index in [0.717, 1.165) is 19.6 Å². The SMILES string of the molecule is O=C(Cc1cc(F)cc(Cl)c1)N1C[C@@H](CO)[C@@H](CN2CCCCC2)C1. The van der Waals surface area contributed by atoms with Gasteiger partial charge in [-0.2, -0.15) is 0 Å². The number of aliphatic hydroxyl groups is 1. The first-order chi connectivity index (χ1) is 12.0. The van der Waals surface area contributed by atoms with Gasteiger partial charge in [0.1, 0.15) is 5.82 Å². The van der Waals surface area contributed by atoms with Crippen LogP contribution >= 0.6 is 11.6 Å². The van der Waals surface area contributed by atoms with Crippen molar-refractivity contribution >= 4 is 17.5 Å². The fraction of sp³-hybridized carbons (Fsp3) is 0.632. The van der Waals surface area contributed by atoms with Gasteiger partial charge in [-0.05, 0) is 55.6 Å². The Balaban J connectivity index is 1.59. The lowest BCUT2D eigenvalue weighted by Gasteiger charge is -2.30. The third kappa shape index (κ3) is 4.93. The molecule has 2 aliphatic heterocycles. The lowest BCUT2D eigenvalue weighted by atomic mass is 9.95. The molecule has 1 aromatic rings. The van der Waals surface area contributed by atoms with E-state index in [1.54, 1.807) is 6.07 Å². The molecule has 1 N–H and O–H groups in total. The van der Waals surface area contributed by atoms with Crippen LogP contribution < -0.4 is 0 Å². The maximum absolute atomic E-state index is 13.4. The quantitative estimate of drug-likeness (QED) is 0.868. The Labute approximate surface area is 153 Å². The van der Waals surface area contributed by atoms with Crippen molar-refractivity contribution in [1.29, 1.82) is 0 Å². The van der Waals surface area contributed by atoms with Crippen molar-refractivity contribution in [1.82, 2.24) is 9.80 Å². The fourth-order valence-electron chi connectivity index (χ4n) is 4.03. The van der Waals surface area contributed by atoms with Crippen LogP contribution in [0.2, 0.25) is 5.02 Å². The number of likely N-dealkylation sites (tertiary alicyclic amines) is 2. The van der Waals surface area contributed by atoms with Crippen molar-refractivity contribution in [2.24, 2.45) is 11.8 Å². The molecule has 0 aromatic heterocycles. The number of carbonyl (C=O) groups excluding carboxylic acids is 1. The number of rotatable bonds is 5. The normalized spacial score (nSPS) is 24.7. The molecule has 0 saturated carbocycles. The maximum Gasteiger partial charge on any atom is 0.227 e. The minimum Gasteiger partial charge on any atom is -0.396 e. The number of aliphatic hydroxyl groups excluding tert-OH is 1. The standard InChI is InChI=1S/C19H26ClFN2O2/c20-17-6-14(7-18(21)9-17)8-19(25)23-11-15(16(12-23)13-24)10-22-4-2-1-3-5-22/h6-7,9,15-16,24H,1-5,8,10-13H2/t15-,16-/m0/s1. The number of nitrogens with zero attached hydrogens (tertiary/aromatic N) is 2. The number of carbonyl (C=O) groups is 1. The van der Waals surface area contributed by atoms with Crippen molar-refractivity contribution in [3.05, 3.63) is 34.6 Å². The van der Waals surface area contributed by atoms with Crippen LogP contribution in [0, 0.1) is 17.7 Å². The number of hydrogen-bond acceptors (Lipinski definition) is 3. The summed E-state index contributed by atoms with van der Waals surface area (Å²) in [6, 6.07) is 4.23. The van der Waals surface area contributed by atoms with E-state index in [4.69, 9.17) is 11.6 Å². The van der Waals surface area contributed by atoms with Gasteiger partial charge in [-0.1, -0.05) is 18.0 Å². The largest absolute Gasteiger partial charge is 0.396 e. The van der Waals surface area contributed by atoms with Crippen LogP contribution in [0.1, 0.15) is 24.8 Å². The molecule has 2 heterocycles. The molecule has 6 heteroatoms. The summed E-state index contributed by atoms with van der Waals surface area (Å²) in [6.45, 7) is 4.53. The molecule has 2 aliphatic rings. The smallest absolute Gasteiger partial charge is 0.227 e. The van der Waals surface area contributed by atoms with E-state index < -0.39 is 5.82 Å². The summed E-state index contributed by atoms with van der Waals surface area (Å²) >= 11 is 5.87. The minimum atomic E-state index is -0.423. The van der Waals surface area contributed by atoms with Crippen molar-refractivity contribution in [3.63, 3.8) is 0 Å². The molecular formula is C19H26ClFN2O2. The number of benzene rings is 1. The third-order valence-corrected chi connectivity index (χ3v) is 5.60. The molecular weight excluding hydrogens is 343 g/mol. The highest BCUT2D eigenvalue weighted by molar-refractivity contribution is 6.30. The van der Waals surface area contributed by atoms with Gasteiger partial charge < -0.3 is 14.9 Å². The Hall–Kier alpha value is -1.17. The Morgan fingerprint density at radius 3 is 2.56 bits per heavy atom. The number of halogens is 2. The Morgan fingerprint density at radius 2 is 1.88 bits per heavy atom. The van der Waals surface area contributed by atoms with E-state index in [9.17, 15) is 14.3 Å². The minimum absolute atomic E-state index is 0.0266. The summed E-state index contributed by atoms with van der Waals surface area (Å²) in [7, 11) is 0. The second-order valence-corrected chi connectivity index (χ2v) is 7.75. The highest BCUT2D eigenvalue weighted by Gasteiger charge is 2.35. The van der Waals surface area contributed by atoms with Gasteiger partial charge in [-0.25, -0.2) is 4.39 Å². The third-order valence-electron chi connectivity index (χ3n) is 5.38. The average molecular weight is 369 g/mol. The van der Waals surface area contributed by atoms with Crippen molar-refractivity contribution < 1.29 is 14.3 Å². The molecule has 0 unspecified atom stereocenters. The number of hydrogen-bond donors (Lipinski definition) is 1. The van der Waals surface area contributed by atoms with Crippen LogP contribution in [-0.4, -0.2) is 60.1 Å². The van der Waals surface area contributed by atoms with E-state index in [2.05, 4.69) is 4.90 Å². The summed E-state index contributed by atoms with van der Waals surface area (Å²) in [4.78, 5) is 16.9. The zero-order valence-electron chi connectivity index (χ0n) is 14.5. The molecule has 4 nitrogen and oxygen atoms in total. The maximum atomic E-state index is 13.4. The van der Waals surface area contributed by atoms with Crippen LogP contribution in [-0.2, 0) is 11.2 Å². The number of piperidine rings is 1. The predicted octanol–water partition coefficient (Wildman–Crippen LogP) is 2.57. The molecule has 138 valence electrons. The second kappa shape index (κ2) is 8.47. The van der Waals surface area contributed by atoms with Gasteiger partial charge in [-0.3, -0.25) is 4.79 Å². The predicted molar refractivity (Wildman–Crippen MR) is 96.1 cm³/mol. The van der Waals surface area contributed by atoms with E-state index in [0.29, 0.717) is 29.6 Å². The van der Waals surface area contributed by atoms with Gasteiger partial charge in [0.25, 0.3) is 0 Å². The van der Waals surface area contributed by atoms with Gasteiger partial charge in [0.05, 0.1) is 6.42 Å². The second-order valence-electron chi connectivity index (χ2n) is 7.32. The molecule has 3 rings (SSSR count). The van der Waals surface area contributed by atoms with Gasteiger partial charge in [0.15, 0.2) is 0 Å². The number of amides is 1. The monoisotopic (exact) mass is 368 g/mol. The first-order valence-electron chi connectivity index (χ1n) is 9.11. The Morgan fingerprint density at radius 1 is 1.16 bits per heavy atom. The summed E-state index contributed by atoms with van der Waals surface area (Å²) < 4.78 is 13.4. The van der Waals surface area contributed by atoms with E-state index in [1.165, 1.54) is 31.4 Å². The average Bonchev–Trinajstić information content (AvgIpc) is 2.98. The van der Waals surface area contributed by atoms with Crippen molar-refractivity contribution in [2.75, 3.05) is 39.3 Å². The van der Waals surface area contributed by atoms with Crippen LogP contribution in [0.4, 0.5) is 4.39 Å². The van der Waals surface area contributed by atoms with E-state index in [-0.39, 0.29) is 24.9 Å². The fourth-order valence-corrected chi connectivity index (χ4v) is 4.27. The summed E-state index contributed by atoms with van der Waals surface area (Å²) in [6.07, 6.45) is 3.91. The van der Waals surface area contributed by atoms with E-state index >= 15 is 0 Å². The van der Waals surface area contributed by atoms with Crippen LogP contribution in [0.5, 0.6) is 0 Å². The van der Waals surface area contributed by atoms with Crippen LogP contribution in [0.3, 0.4) is 0 Å². The molecule has 2 fully saturated rings. The topological polar surface area (TPSA) is 43.8 Å². The molecule has 1 amide bonds. The molecule has 2 saturated heterocycles. The molecule has 0 spiro atoms. The van der Waals surface area contributed by atoms with E-state index in [1.807, 2.05) is 4.90 Å². The van der Waals surface area contributed by atoms with Crippen molar-refractivity contribution in [2.45, 2.75) is 25.7 Å². The lowest BCUT2D eigenvalue weighted by Crippen LogP contribution is -2.37. The molecule has 1 aromatic carbocycles. The molecule has 0 bridgehead atoms. The van der Waals surface area contributed by atoms with Gasteiger partial charge in [-0.15, -0.1) is 0 Å². The zero-order valence-corrected chi connectivity index (χ0v) is 15.2. The summed E-state index contributed by atoms with van der Waals surface area (Å²) in [5, 5.41) is 10.0. The lowest BCUT2D eigenvalue weighted by molar-refractivity contribution is -0.129. The highest BCUT2D eigenvalue weighted by atomic mass is 35.5. The van der Waals surface area contributed by atoms with Gasteiger partial charge in [0, 0.05) is 37.2 Å². The van der Waals surface area contributed by atoms with Gasteiger partial charge in [0.2, 0.25) is 5.91 Å². The first kappa shape index (κ1) is 18.6. The molecule has 0 radical (unpaired) electrons. The summed E-state index contributed by atoms with van der Waals surface area (Å²) in [5.74, 6) is -0.0145.